The molecule has 1 amide bonds. The molecule has 4 aromatic carbocycles. The molecule has 1 aliphatic rings. The summed E-state index contributed by atoms with van der Waals surface area (Å²) in [5, 5.41) is 2.62. The minimum atomic E-state index is -0.325. The first-order valence-electron chi connectivity index (χ1n) is 11.5. The zero-order valence-electron chi connectivity index (χ0n) is 19.4. The zero-order chi connectivity index (χ0) is 25.1. The lowest BCUT2D eigenvalue weighted by Crippen LogP contribution is -2.28. The van der Waals surface area contributed by atoms with E-state index in [1.807, 2.05) is 73.7 Å². The molecule has 0 atom stereocenters. The monoisotopic (exact) mass is 560 g/mol. The molecule has 0 aromatic heterocycles. The molecular weight excluding hydrogens is 539 g/mol. The Labute approximate surface area is 221 Å². The van der Waals surface area contributed by atoms with Crippen molar-refractivity contribution in [2.24, 2.45) is 4.99 Å². The van der Waals surface area contributed by atoms with Gasteiger partial charge in [-0.05, 0) is 83.6 Å². The van der Waals surface area contributed by atoms with Crippen molar-refractivity contribution < 1.29 is 13.9 Å². The van der Waals surface area contributed by atoms with Gasteiger partial charge in [0.2, 0.25) is 0 Å². The summed E-state index contributed by atoms with van der Waals surface area (Å²) in [6, 6.07) is 25.9. The summed E-state index contributed by atoms with van der Waals surface area (Å²) in [5.74, 6) is 0.258. The van der Waals surface area contributed by atoms with Crippen LogP contribution in [-0.4, -0.2) is 22.5 Å². The quantitative estimate of drug-likeness (QED) is 0.225. The molecule has 36 heavy (non-hydrogen) atoms. The van der Waals surface area contributed by atoms with Crippen LogP contribution in [0, 0.1) is 5.82 Å². The van der Waals surface area contributed by atoms with Crippen LogP contribution < -0.4 is 4.74 Å². The predicted octanol–water partition coefficient (Wildman–Crippen LogP) is 7.94. The number of aliphatic imine (C=N–C) groups is 1. The maximum Gasteiger partial charge on any atom is 0.266 e. The summed E-state index contributed by atoms with van der Waals surface area (Å²) < 4.78 is 20.6. The van der Waals surface area contributed by atoms with E-state index in [-0.39, 0.29) is 11.7 Å². The molecule has 1 aliphatic heterocycles. The summed E-state index contributed by atoms with van der Waals surface area (Å²) in [5.41, 5.74) is 2.48. The van der Waals surface area contributed by atoms with Crippen molar-refractivity contribution in [1.29, 1.82) is 0 Å². The third-order valence-electron chi connectivity index (χ3n) is 5.77. The van der Waals surface area contributed by atoms with E-state index in [4.69, 9.17) is 4.74 Å². The van der Waals surface area contributed by atoms with Gasteiger partial charge < -0.3 is 4.74 Å². The highest BCUT2D eigenvalue weighted by Crippen LogP contribution is 2.38. The molecule has 5 rings (SSSR count). The Morgan fingerprint density at radius 1 is 1.00 bits per heavy atom. The van der Waals surface area contributed by atoms with Gasteiger partial charge in [-0.2, -0.15) is 0 Å². The molecule has 4 aromatic rings. The van der Waals surface area contributed by atoms with Crippen LogP contribution in [0.15, 0.2) is 99.3 Å². The Hall–Kier alpha value is -3.42. The third-order valence-corrected chi connectivity index (χ3v) is 7.30. The SMILES string of the molecule is CCN1C(=O)/C(=C\c2c(OCc3ccc(Br)cc3)ccc3ccccc23)SC1=Nc1ccc(F)cc1. The highest BCUT2D eigenvalue weighted by Gasteiger charge is 2.32. The first kappa shape index (κ1) is 24.3. The lowest BCUT2D eigenvalue weighted by atomic mass is 10.0. The normalized spacial score (nSPS) is 15.9. The first-order chi connectivity index (χ1) is 17.5. The minimum absolute atomic E-state index is 0.116. The second-order valence-electron chi connectivity index (χ2n) is 8.14. The van der Waals surface area contributed by atoms with Gasteiger partial charge in [0.05, 0.1) is 10.6 Å². The molecule has 0 unspecified atom stereocenters. The van der Waals surface area contributed by atoms with Crippen molar-refractivity contribution in [1.82, 2.24) is 4.90 Å². The molecule has 4 nitrogen and oxygen atoms in total. The average molecular weight is 561 g/mol. The van der Waals surface area contributed by atoms with Gasteiger partial charge >= 0.3 is 0 Å². The van der Waals surface area contributed by atoms with Crippen LogP contribution in [0.4, 0.5) is 10.1 Å². The second kappa shape index (κ2) is 10.7. The average Bonchev–Trinajstić information content (AvgIpc) is 3.19. The summed E-state index contributed by atoms with van der Waals surface area (Å²) in [6.07, 6.45) is 1.89. The minimum Gasteiger partial charge on any atom is -0.488 e. The van der Waals surface area contributed by atoms with E-state index in [0.29, 0.717) is 34.7 Å². The fraction of sp³-hybridized carbons (Fsp3) is 0.103. The zero-order valence-corrected chi connectivity index (χ0v) is 21.9. The molecule has 180 valence electrons. The van der Waals surface area contributed by atoms with Crippen LogP contribution >= 0.6 is 27.7 Å². The van der Waals surface area contributed by atoms with Crippen LogP contribution in [0.25, 0.3) is 16.8 Å². The van der Waals surface area contributed by atoms with Crippen LogP contribution in [0.2, 0.25) is 0 Å². The molecule has 1 saturated heterocycles. The molecule has 0 radical (unpaired) electrons. The van der Waals surface area contributed by atoms with Crippen molar-refractivity contribution in [3.05, 3.63) is 111 Å². The van der Waals surface area contributed by atoms with E-state index in [1.54, 1.807) is 17.0 Å². The van der Waals surface area contributed by atoms with Crippen LogP contribution in [0.3, 0.4) is 0 Å². The van der Waals surface area contributed by atoms with E-state index in [0.717, 1.165) is 26.4 Å². The van der Waals surface area contributed by atoms with Crippen LogP contribution in [0.5, 0.6) is 5.75 Å². The van der Waals surface area contributed by atoms with Gasteiger partial charge in [0.25, 0.3) is 5.91 Å². The van der Waals surface area contributed by atoms with Crippen LogP contribution in [0.1, 0.15) is 18.1 Å². The largest absolute Gasteiger partial charge is 0.488 e. The summed E-state index contributed by atoms with van der Waals surface area (Å²) >= 11 is 4.77. The molecule has 0 bridgehead atoms. The molecule has 0 spiro atoms. The molecule has 0 saturated carbocycles. The number of ether oxygens (including phenoxy) is 1. The van der Waals surface area contributed by atoms with Gasteiger partial charge in [0.1, 0.15) is 18.2 Å². The summed E-state index contributed by atoms with van der Waals surface area (Å²) in [7, 11) is 0. The molecular formula is C29H22BrFN2O2S. The van der Waals surface area contributed by atoms with E-state index in [2.05, 4.69) is 20.9 Å². The number of hydrogen-bond acceptors (Lipinski definition) is 4. The Morgan fingerprint density at radius 3 is 2.50 bits per heavy atom. The second-order valence-corrected chi connectivity index (χ2v) is 10.1. The number of carbonyl (C=O) groups excluding carboxylic acids is 1. The first-order valence-corrected chi connectivity index (χ1v) is 13.1. The fourth-order valence-corrected chi connectivity index (χ4v) is 5.23. The number of fused-ring (bicyclic) bond motifs is 1. The number of rotatable bonds is 6. The number of benzene rings is 4. The van der Waals surface area contributed by atoms with E-state index >= 15 is 0 Å². The van der Waals surface area contributed by atoms with Gasteiger partial charge in [-0.3, -0.25) is 9.69 Å². The Balaban J connectivity index is 1.52. The van der Waals surface area contributed by atoms with Crippen LogP contribution in [-0.2, 0) is 11.4 Å². The lowest BCUT2D eigenvalue weighted by molar-refractivity contribution is -0.122. The smallest absolute Gasteiger partial charge is 0.266 e. The highest BCUT2D eigenvalue weighted by molar-refractivity contribution is 9.10. The van der Waals surface area contributed by atoms with E-state index in [9.17, 15) is 9.18 Å². The maximum atomic E-state index is 13.3. The van der Waals surface area contributed by atoms with Crippen molar-refractivity contribution in [2.75, 3.05) is 6.54 Å². The summed E-state index contributed by atoms with van der Waals surface area (Å²) in [4.78, 5) is 20.1. The molecule has 1 heterocycles. The number of halogens is 2. The topological polar surface area (TPSA) is 41.9 Å². The van der Waals surface area contributed by atoms with Gasteiger partial charge in [-0.15, -0.1) is 0 Å². The Bertz CT molecular complexity index is 1480. The predicted molar refractivity (Wildman–Crippen MR) is 149 cm³/mol. The molecule has 7 heteroatoms. The molecule has 0 aliphatic carbocycles. The number of amidine groups is 1. The number of likely N-dealkylation sites (N-methyl/N-ethyl adjacent to an activating group) is 1. The van der Waals surface area contributed by atoms with Gasteiger partial charge in [-0.25, -0.2) is 9.38 Å². The lowest BCUT2D eigenvalue weighted by Gasteiger charge is -2.13. The number of nitrogens with zero attached hydrogens (tertiary/aromatic N) is 2. The summed E-state index contributed by atoms with van der Waals surface area (Å²) in [6.45, 7) is 2.79. The molecule has 0 N–H and O–H groups in total. The van der Waals surface area contributed by atoms with E-state index in [1.165, 1.54) is 23.9 Å². The van der Waals surface area contributed by atoms with Crippen molar-refractivity contribution in [3.63, 3.8) is 0 Å². The van der Waals surface area contributed by atoms with Gasteiger partial charge in [-0.1, -0.05) is 58.4 Å². The number of hydrogen-bond donors (Lipinski definition) is 0. The van der Waals surface area contributed by atoms with Gasteiger partial charge in [0, 0.05) is 16.6 Å². The number of thioether (sulfide) groups is 1. The number of amides is 1. The standard InChI is InChI=1S/C29H22BrFN2O2S/c1-2-33-28(34)27(36-29(33)32-23-14-12-22(31)13-15-23)17-25-24-6-4-3-5-20(24)9-16-26(25)35-18-19-7-10-21(30)11-8-19/h3-17H,2,18H2,1H3/b27-17+,32-29?. The van der Waals surface area contributed by atoms with Crippen molar-refractivity contribution in [2.45, 2.75) is 13.5 Å². The van der Waals surface area contributed by atoms with Gasteiger partial charge in [0.15, 0.2) is 5.17 Å². The third kappa shape index (κ3) is 5.22. The number of carbonyl (C=O) groups is 1. The maximum absolute atomic E-state index is 13.3. The van der Waals surface area contributed by atoms with Crippen molar-refractivity contribution >= 4 is 61.3 Å². The highest BCUT2D eigenvalue weighted by atomic mass is 79.9. The molecule has 1 fully saturated rings. The van der Waals surface area contributed by atoms with E-state index < -0.39 is 0 Å². The Morgan fingerprint density at radius 2 is 1.75 bits per heavy atom. The van der Waals surface area contributed by atoms with Crippen molar-refractivity contribution in [3.8, 4) is 5.75 Å². The Kier molecular flexibility index (Phi) is 7.20. The fourth-order valence-electron chi connectivity index (χ4n) is 3.92.